The minimum absolute atomic E-state index is 0.0860. The summed E-state index contributed by atoms with van der Waals surface area (Å²) in [6.45, 7) is 5.56. The van der Waals surface area contributed by atoms with E-state index in [0.29, 0.717) is 10.7 Å². The van der Waals surface area contributed by atoms with Crippen LogP contribution in [0.4, 0.5) is 5.69 Å². The molecule has 7 heteroatoms. The van der Waals surface area contributed by atoms with E-state index < -0.39 is 5.41 Å². The molecule has 0 heterocycles. The molecule has 0 unspecified atom stereocenters. The van der Waals surface area contributed by atoms with E-state index in [0.717, 1.165) is 0 Å². The number of halogens is 1. The van der Waals surface area contributed by atoms with E-state index in [1.165, 1.54) is 4.90 Å². The predicted molar refractivity (Wildman–Crippen MR) is 94.8 cm³/mol. The lowest BCUT2D eigenvalue weighted by atomic mass is 9.96. The van der Waals surface area contributed by atoms with Gasteiger partial charge in [-0.3, -0.25) is 14.4 Å². The Hall–Kier alpha value is -2.08. The molecule has 1 aromatic rings. The molecule has 0 radical (unpaired) electrons. The molecular formula is C17H24ClN3O3. The summed E-state index contributed by atoms with van der Waals surface area (Å²) in [6, 6.07) is 6.88. The maximum Gasteiger partial charge on any atom is 0.244 e. The predicted octanol–water partition coefficient (Wildman–Crippen LogP) is 2.29. The zero-order chi connectivity index (χ0) is 18.3. The Labute approximate surface area is 147 Å². The summed E-state index contributed by atoms with van der Waals surface area (Å²) in [6.07, 6.45) is 0.137. The van der Waals surface area contributed by atoms with Crippen LogP contribution in [0.5, 0.6) is 0 Å². The first-order valence-electron chi connectivity index (χ1n) is 7.68. The molecule has 0 fully saturated rings. The summed E-state index contributed by atoms with van der Waals surface area (Å²) in [4.78, 5) is 37.0. The number of nitrogens with one attached hydrogen (secondary N) is 2. The van der Waals surface area contributed by atoms with Crippen molar-refractivity contribution in [3.05, 3.63) is 29.3 Å². The summed E-state index contributed by atoms with van der Waals surface area (Å²) in [5.74, 6) is -0.675. The number of nitrogens with zero attached hydrogens (tertiary/aromatic N) is 1. The second kappa shape index (κ2) is 8.68. The third-order valence-corrected chi connectivity index (χ3v) is 3.59. The van der Waals surface area contributed by atoms with E-state index in [1.54, 1.807) is 52.1 Å². The average molecular weight is 354 g/mol. The lowest BCUT2D eigenvalue weighted by Crippen LogP contribution is -2.39. The zero-order valence-corrected chi connectivity index (χ0v) is 15.2. The van der Waals surface area contributed by atoms with Gasteiger partial charge < -0.3 is 15.5 Å². The van der Waals surface area contributed by atoms with E-state index >= 15 is 0 Å². The summed E-state index contributed by atoms with van der Waals surface area (Å²) in [5, 5.41) is 5.80. The van der Waals surface area contributed by atoms with E-state index in [2.05, 4.69) is 10.6 Å². The van der Waals surface area contributed by atoms with Crippen molar-refractivity contribution in [3.63, 3.8) is 0 Å². The number of likely N-dealkylation sites (N-methyl/N-ethyl adjacent to an activating group) is 1. The first-order valence-corrected chi connectivity index (χ1v) is 8.05. The Bertz CT molecular complexity index is 611. The average Bonchev–Trinajstić information content (AvgIpc) is 2.48. The molecule has 0 spiro atoms. The SMILES string of the molecule is CN(CC(=O)Nc1ccccc1Cl)C(=O)CCNC(=O)C(C)(C)C. The van der Waals surface area contributed by atoms with Crippen LogP contribution in [0, 0.1) is 5.41 Å². The van der Waals surface area contributed by atoms with Crippen LogP contribution in [-0.4, -0.2) is 42.8 Å². The highest BCUT2D eigenvalue weighted by Crippen LogP contribution is 2.20. The highest BCUT2D eigenvalue weighted by Gasteiger charge is 2.21. The van der Waals surface area contributed by atoms with Crippen LogP contribution in [0.2, 0.25) is 5.02 Å². The summed E-state index contributed by atoms with van der Waals surface area (Å²) in [7, 11) is 1.54. The first-order chi connectivity index (χ1) is 11.1. The number of carbonyl (C=O) groups excluding carboxylic acids is 3. The highest BCUT2D eigenvalue weighted by molar-refractivity contribution is 6.33. The van der Waals surface area contributed by atoms with Crippen molar-refractivity contribution in [1.29, 1.82) is 0 Å². The molecule has 1 rings (SSSR count). The molecule has 0 aromatic heterocycles. The molecule has 6 nitrogen and oxygen atoms in total. The second-order valence-electron chi connectivity index (χ2n) is 6.53. The number of hydrogen-bond acceptors (Lipinski definition) is 3. The highest BCUT2D eigenvalue weighted by atomic mass is 35.5. The minimum atomic E-state index is -0.496. The van der Waals surface area contributed by atoms with Gasteiger partial charge >= 0.3 is 0 Å². The molecule has 0 aliphatic carbocycles. The number of para-hydroxylation sites is 1. The molecular weight excluding hydrogens is 330 g/mol. The molecule has 24 heavy (non-hydrogen) atoms. The van der Waals surface area contributed by atoms with Crippen LogP contribution in [0.15, 0.2) is 24.3 Å². The Morgan fingerprint density at radius 3 is 2.38 bits per heavy atom. The smallest absolute Gasteiger partial charge is 0.244 e. The summed E-state index contributed by atoms with van der Waals surface area (Å²) in [5.41, 5.74) is 0.00603. The molecule has 0 saturated heterocycles. The fourth-order valence-electron chi connectivity index (χ4n) is 1.79. The fraction of sp³-hybridized carbons (Fsp3) is 0.471. The van der Waals surface area contributed by atoms with Gasteiger partial charge in [0.05, 0.1) is 17.3 Å². The van der Waals surface area contributed by atoms with Gasteiger partial charge in [-0.05, 0) is 12.1 Å². The third-order valence-electron chi connectivity index (χ3n) is 3.26. The largest absolute Gasteiger partial charge is 0.355 e. The number of rotatable bonds is 6. The van der Waals surface area contributed by atoms with Gasteiger partial charge in [0, 0.05) is 25.4 Å². The number of benzene rings is 1. The number of anilines is 1. The van der Waals surface area contributed by atoms with Gasteiger partial charge in [0.2, 0.25) is 17.7 Å². The topological polar surface area (TPSA) is 78.5 Å². The maximum atomic E-state index is 12.0. The number of hydrogen-bond donors (Lipinski definition) is 2. The molecule has 3 amide bonds. The number of carbonyl (C=O) groups is 3. The van der Waals surface area contributed by atoms with E-state index in [-0.39, 0.29) is 37.2 Å². The molecule has 2 N–H and O–H groups in total. The van der Waals surface area contributed by atoms with Crippen LogP contribution in [0.1, 0.15) is 27.2 Å². The van der Waals surface area contributed by atoms with Crippen molar-refractivity contribution in [3.8, 4) is 0 Å². The van der Waals surface area contributed by atoms with E-state index in [4.69, 9.17) is 11.6 Å². The molecule has 0 aliphatic rings. The van der Waals surface area contributed by atoms with Gasteiger partial charge in [0.1, 0.15) is 0 Å². The molecule has 0 aliphatic heterocycles. The van der Waals surface area contributed by atoms with Crippen molar-refractivity contribution in [1.82, 2.24) is 10.2 Å². The molecule has 132 valence electrons. The Kier molecular flexibility index (Phi) is 7.22. The minimum Gasteiger partial charge on any atom is -0.355 e. The van der Waals surface area contributed by atoms with Crippen molar-refractivity contribution < 1.29 is 14.4 Å². The lowest BCUT2D eigenvalue weighted by molar-refractivity contribution is -0.133. The van der Waals surface area contributed by atoms with Crippen LogP contribution >= 0.6 is 11.6 Å². The van der Waals surface area contributed by atoms with Crippen LogP contribution in [-0.2, 0) is 14.4 Å². The monoisotopic (exact) mass is 353 g/mol. The van der Waals surface area contributed by atoms with Gasteiger partial charge in [0.15, 0.2) is 0 Å². The standard InChI is InChI=1S/C17H24ClN3O3/c1-17(2,3)16(24)19-10-9-15(23)21(4)11-14(22)20-13-8-6-5-7-12(13)18/h5-8H,9-11H2,1-4H3,(H,19,24)(H,20,22). The van der Waals surface area contributed by atoms with Gasteiger partial charge in [-0.25, -0.2) is 0 Å². The molecule has 1 aromatic carbocycles. The maximum absolute atomic E-state index is 12.0. The van der Waals surface area contributed by atoms with Crippen molar-refractivity contribution in [2.75, 3.05) is 25.5 Å². The van der Waals surface area contributed by atoms with Crippen LogP contribution in [0.25, 0.3) is 0 Å². The summed E-state index contributed by atoms with van der Waals surface area (Å²) < 4.78 is 0. The van der Waals surface area contributed by atoms with Crippen molar-refractivity contribution >= 4 is 35.0 Å². The van der Waals surface area contributed by atoms with Crippen molar-refractivity contribution in [2.45, 2.75) is 27.2 Å². The molecule has 0 bridgehead atoms. The fourth-order valence-corrected chi connectivity index (χ4v) is 1.98. The van der Waals surface area contributed by atoms with Crippen LogP contribution in [0.3, 0.4) is 0 Å². The Balaban J connectivity index is 2.40. The quantitative estimate of drug-likeness (QED) is 0.823. The van der Waals surface area contributed by atoms with Crippen LogP contribution < -0.4 is 10.6 Å². The van der Waals surface area contributed by atoms with Crippen molar-refractivity contribution in [2.24, 2.45) is 5.41 Å². The lowest BCUT2D eigenvalue weighted by Gasteiger charge is -2.19. The zero-order valence-electron chi connectivity index (χ0n) is 14.5. The normalized spacial score (nSPS) is 10.9. The number of amides is 3. The second-order valence-corrected chi connectivity index (χ2v) is 6.94. The molecule has 0 atom stereocenters. The van der Waals surface area contributed by atoms with Gasteiger partial charge in [0.25, 0.3) is 0 Å². The van der Waals surface area contributed by atoms with Gasteiger partial charge in [-0.15, -0.1) is 0 Å². The van der Waals surface area contributed by atoms with Gasteiger partial charge in [-0.1, -0.05) is 44.5 Å². The third kappa shape index (κ3) is 6.58. The first kappa shape index (κ1) is 20.0. The van der Waals surface area contributed by atoms with E-state index in [9.17, 15) is 14.4 Å². The van der Waals surface area contributed by atoms with Gasteiger partial charge in [-0.2, -0.15) is 0 Å². The Morgan fingerprint density at radius 2 is 1.79 bits per heavy atom. The van der Waals surface area contributed by atoms with E-state index in [1.807, 2.05) is 0 Å². The summed E-state index contributed by atoms with van der Waals surface area (Å²) >= 11 is 5.97. The molecule has 0 saturated carbocycles. The Morgan fingerprint density at radius 1 is 1.17 bits per heavy atom.